The van der Waals surface area contributed by atoms with Crippen molar-refractivity contribution in [2.45, 2.75) is 13.3 Å². The van der Waals surface area contributed by atoms with E-state index in [9.17, 15) is 4.79 Å². The van der Waals surface area contributed by atoms with Crippen LogP contribution >= 0.6 is 22.9 Å². The van der Waals surface area contributed by atoms with Crippen LogP contribution in [0.1, 0.15) is 21.5 Å². The van der Waals surface area contributed by atoms with E-state index in [1.165, 1.54) is 4.88 Å². The van der Waals surface area contributed by atoms with Crippen LogP contribution in [0.2, 0.25) is 0 Å². The molecule has 1 rings (SSSR count). The Balaban J connectivity index is 2.43. The molecule has 0 bridgehead atoms. The summed E-state index contributed by atoms with van der Waals surface area (Å²) in [4.78, 5) is 13.6. The molecule has 1 N–H and O–H groups in total. The number of alkyl halides is 1. The number of hydrogen-bond acceptors (Lipinski definition) is 2. The number of amides is 1. The summed E-state index contributed by atoms with van der Waals surface area (Å²) in [6.45, 7) is 2.61. The predicted octanol–water partition coefficient (Wildman–Crippen LogP) is 2.84. The number of hydrogen-bond donors (Lipinski definition) is 1. The molecule has 0 saturated carbocycles. The van der Waals surface area contributed by atoms with E-state index in [0.29, 0.717) is 12.4 Å². The molecule has 82 valence electrons. The molecule has 0 aliphatic carbocycles. The quantitative estimate of drug-likeness (QED) is 0.625. The molecule has 0 aliphatic heterocycles. The molecule has 1 aromatic heterocycles. The van der Waals surface area contributed by atoms with Crippen molar-refractivity contribution >= 4 is 28.8 Å². The number of thiophene rings is 1. The zero-order chi connectivity index (χ0) is 11.1. The van der Waals surface area contributed by atoms with Gasteiger partial charge in [0.05, 0.1) is 4.88 Å². The molecule has 1 aromatic rings. The molecule has 0 aliphatic rings. The van der Waals surface area contributed by atoms with Gasteiger partial charge in [-0.3, -0.25) is 4.79 Å². The maximum Gasteiger partial charge on any atom is 0.261 e. The Morgan fingerprint density at radius 1 is 1.53 bits per heavy atom. The van der Waals surface area contributed by atoms with Gasteiger partial charge in [-0.1, -0.05) is 19.1 Å². The zero-order valence-electron chi connectivity index (χ0n) is 8.63. The van der Waals surface area contributed by atoms with Crippen molar-refractivity contribution in [2.75, 3.05) is 12.4 Å². The Hall–Kier alpha value is -0.800. The summed E-state index contributed by atoms with van der Waals surface area (Å²) in [6.07, 6.45) is 4.64. The standard InChI is InChI=1S/C11H14ClNOS/c1-2-9-5-6-10(15-9)11(14)13-8-4-3-7-12/h3-6H,2,7-8H2,1H3,(H,13,14)/b4-3+. The largest absolute Gasteiger partial charge is 0.348 e. The highest BCUT2D eigenvalue weighted by Crippen LogP contribution is 2.16. The van der Waals surface area contributed by atoms with E-state index in [1.807, 2.05) is 24.3 Å². The number of nitrogens with one attached hydrogen (secondary N) is 1. The monoisotopic (exact) mass is 243 g/mol. The molecule has 15 heavy (non-hydrogen) atoms. The third kappa shape index (κ3) is 4.06. The van der Waals surface area contributed by atoms with E-state index in [-0.39, 0.29) is 5.91 Å². The van der Waals surface area contributed by atoms with Crippen LogP contribution < -0.4 is 5.32 Å². The lowest BCUT2D eigenvalue weighted by molar-refractivity contribution is 0.0962. The average Bonchev–Trinajstić information content (AvgIpc) is 2.72. The number of aryl methyl sites for hydroxylation is 1. The summed E-state index contributed by atoms with van der Waals surface area (Å²) >= 11 is 7.00. The summed E-state index contributed by atoms with van der Waals surface area (Å²) in [5.41, 5.74) is 0. The molecule has 0 radical (unpaired) electrons. The lowest BCUT2D eigenvalue weighted by Crippen LogP contribution is -2.22. The summed E-state index contributed by atoms with van der Waals surface area (Å²) in [6, 6.07) is 3.86. The lowest BCUT2D eigenvalue weighted by Gasteiger charge is -1.98. The van der Waals surface area contributed by atoms with Gasteiger partial charge in [0.15, 0.2) is 0 Å². The second kappa shape index (κ2) is 6.64. The number of rotatable bonds is 5. The van der Waals surface area contributed by atoms with Crippen LogP contribution in [0.25, 0.3) is 0 Å². The molecular formula is C11H14ClNOS. The first-order chi connectivity index (χ1) is 7.27. The zero-order valence-corrected chi connectivity index (χ0v) is 10.2. The molecule has 2 nitrogen and oxygen atoms in total. The van der Waals surface area contributed by atoms with Crippen LogP contribution in [0.3, 0.4) is 0 Å². The summed E-state index contributed by atoms with van der Waals surface area (Å²) < 4.78 is 0. The van der Waals surface area contributed by atoms with Crippen LogP contribution in [0.4, 0.5) is 0 Å². The third-order valence-electron chi connectivity index (χ3n) is 1.87. The second-order valence-corrected chi connectivity index (χ2v) is 4.43. The Labute approximate surface area is 99.0 Å². The smallest absolute Gasteiger partial charge is 0.261 e. The van der Waals surface area contributed by atoms with E-state index in [0.717, 1.165) is 11.3 Å². The molecular weight excluding hydrogens is 230 g/mol. The topological polar surface area (TPSA) is 29.1 Å². The Bertz CT molecular complexity index is 346. The molecule has 0 saturated heterocycles. The van der Waals surface area contributed by atoms with Crippen molar-refractivity contribution in [3.8, 4) is 0 Å². The first kappa shape index (κ1) is 12.3. The number of halogens is 1. The first-order valence-electron chi connectivity index (χ1n) is 4.85. The van der Waals surface area contributed by atoms with Gasteiger partial charge in [-0.25, -0.2) is 0 Å². The van der Waals surface area contributed by atoms with Gasteiger partial charge in [-0.2, -0.15) is 0 Å². The first-order valence-corrected chi connectivity index (χ1v) is 6.21. The predicted molar refractivity (Wildman–Crippen MR) is 65.9 cm³/mol. The minimum atomic E-state index is -0.0149. The molecule has 0 aromatic carbocycles. The molecule has 0 spiro atoms. The summed E-state index contributed by atoms with van der Waals surface area (Å²) in [7, 11) is 0. The van der Waals surface area contributed by atoms with Crippen molar-refractivity contribution in [3.05, 3.63) is 34.0 Å². The molecule has 0 fully saturated rings. The van der Waals surface area contributed by atoms with E-state index in [4.69, 9.17) is 11.6 Å². The molecule has 1 amide bonds. The van der Waals surface area contributed by atoms with Gasteiger partial charge in [-0.15, -0.1) is 22.9 Å². The van der Waals surface area contributed by atoms with Gasteiger partial charge in [-0.05, 0) is 18.6 Å². The van der Waals surface area contributed by atoms with Crippen molar-refractivity contribution in [1.29, 1.82) is 0 Å². The van der Waals surface area contributed by atoms with Gasteiger partial charge >= 0.3 is 0 Å². The van der Waals surface area contributed by atoms with E-state index < -0.39 is 0 Å². The third-order valence-corrected chi connectivity index (χ3v) is 3.28. The van der Waals surface area contributed by atoms with Crippen LogP contribution in [-0.2, 0) is 6.42 Å². The van der Waals surface area contributed by atoms with Gasteiger partial charge in [0.25, 0.3) is 5.91 Å². The van der Waals surface area contributed by atoms with Crippen molar-refractivity contribution < 1.29 is 4.79 Å². The van der Waals surface area contributed by atoms with E-state index in [1.54, 1.807) is 11.3 Å². The minimum absolute atomic E-state index is 0.0149. The fraction of sp³-hybridized carbons (Fsp3) is 0.364. The number of allylic oxidation sites excluding steroid dienone is 1. The highest BCUT2D eigenvalue weighted by Gasteiger charge is 2.06. The second-order valence-electron chi connectivity index (χ2n) is 2.96. The summed E-state index contributed by atoms with van der Waals surface area (Å²) in [5.74, 6) is 0.466. The SMILES string of the molecule is CCc1ccc(C(=O)NC/C=C/CCl)s1. The molecule has 4 heteroatoms. The Kier molecular flexibility index (Phi) is 5.43. The Morgan fingerprint density at radius 3 is 2.93 bits per heavy atom. The maximum absolute atomic E-state index is 11.6. The summed E-state index contributed by atoms with van der Waals surface area (Å²) in [5, 5.41) is 2.80. The molecule has 1 heterocycles. The maximum atomic E-state index is 11.6. The number of carbonyl (C=O) groups is 1. The fourth-order valence-electron chi connectivity index (χ4n) is 1.08. The van der Waals surface area contributed by atoms with E-state index >= 15 is 0 Å². The van der Waals surface area contributed by atoms with Gasteiger partial charge in [0.2, 0.25) is 0 Å². The average molecular weight is 244 g/mol. The normalized spacial score (nSPS) is 10.8. The lowest BCUT2D eigenvalue weighted by atomic mass is 10.3. The highest BCUT2D eigenvalue weighted by molar-refractivity contribution is 7.14. The van der Waals surface area contributed by atoms with Gasteiger partial charge in [0.1, 0.15) is 0 Å². The van der Waals surface area contributed by atoms with Crippen molar-refractivity contribution in [1.82, 2.24) is 5.32 Å². The van der Waals surface area contributed by atoms with Crippen LogP contribution in [0.5, 0.6) is 0 Å². The van der Waals surface area contributed by atoms with E-state index in [2.05, 4.69) is 12.2 Å². The highest BCUT2D eigenvalue weighted by atomic mass is 35.5. The minimum Gasteiger partial charge on any atom is -0.348 e. The van der Waals surface area contributed by atoms with Crippen LogP contribution in [-0.4, -0.2) is 18.3 Å². The number of carbonyl (C=O) groups excluding carboxylic acids is 1. The van der Waals surface area contributed by atoms with Gasteiger partial charge in [0, 0.05) is 17.3 Å². The van der Waals surface area contributed by atoms with Crippen molar-refractivity contribution in [3.63, 3.8) is 0 Å². The fourth-order valence-corrected chi connectivity index (χ4v) is 2.06. The van der Waals surface area contributed by atoms with Crippen LogP contribution in [0.15, 0.2) is 24.3 Å². The molecule has 0 unspecified atom stereocenters. The Morgan fingerprint density at radius 2 is 2.33 bits per heavy atom. The van der Waals surface area contributed by atoms with Crippen molar-refractivity contribution in [2.24, 2.45) is 0 Å². The molecule has 0 atom stereocenters. The van der Waals surface area contributed by atoms with Crippen LogP contribution in [0, 0.1) is 0 Å². The van der Waals surface area contributed by atoms with Gasteiger partial charge < -0.3 is 5.32 Å².